The number of nitrogens with zero attached hydrogens (tertiary/aromatic N) is 3. The Morgan fingerprint density at radius 3 is 2.63 bits per heavy atom. The van der Waals surface area contributed by atoms with Gasteiger partial charge in [-0.2, -0.15) is 0 Å². The Kier molecular flexibility index (Phi) is 8.87. The molecule has 188 valence electrons. The highest BCUT2D eigenvalue weighted by atomic mass is 16.6. The van der Waals surface area contributed by atoms with Crippen LogP contribution in [0.5, 0.6) is 5.75 Å². The van der Waals surface area contributed by atoms with Gasteiger partial charge in [-0.3, -0.25) is 9.80 Å². The van der Waals surface area contributed by atoms with Crippen LogP contribution in [0.1, 0.15) is 45.2 Å². The minimum absolute atomic E-state index is 0.0898. The molecule has 1 aromatic carbocycles. The molecule has 1 aliphatic rings. The van der Waals surface area contributed by atoms with Crippen LogP contribution in [-0.4, -0.2) is 60.4 Å². The van der Waals surface area contributed by atoms with E-state index in [1.54, 1.807) is 37.3 Å². The number of carbonyl (C=O) groups is 2. The van der Waals surface area contributed by atoms with E-state index in [9.17, 15) is 9.59 Å². The average molecular weight is 482 g/mol. The fraction of sp³-hybridized carbons (Fsp3) is 0.444. The highest BCUT2D eigenvalue weighted by Crippen LogP contribution is 2.27. The highest BCUT2D eigenvalue weighted by molar-refractivity contribution is 5.88. The normalized spacial score (nSPS) is 16.3. The summed E-state index contributed by atoms with van der Waals surface area (Å²) in [4.78, 5) is 33.3. The van der Waals surface area contributed by atoms with Gasteiger partial charge in [-0.15, -0.1) is 0 Å². The summed E-state index contributed by atoms with van der Waals surface area (Å²) >= 11 is 0. The molecule has 0 radical (unpaired) electrons. The van der Waals surface area contributed by atoms with Gasteiger partial charge in [-0.1, -0.05) is 18.2 Å². The largest absolute Gasteiger partial charge is 0.496 e. The van der Waals surface area contributed by atoms with Crippen molar-refractivity contribution in [3.8, 4) is 5.75 Å². The number of likely N-dealkylation sites (tertiary alicyclic amines) is 1. The molecular weight excluding hydrogens is 446 g/mol. The summed E-state index contributed by atoms with van der Waals surface area (Å²) in [5.41, 5.74) is 1.21. The third kappa shape index (κ3) is 7.55. The Bertz CT molecular complexity index is 1030. The first-order valence-corrected chi connectivity index (χ1v) is 11.9. The van der Waals surface area contributed by atoms with Crippen molar-refractivity contribution in [1.82, 2.24) is 9.88 Å². The number of carbonyl (C=O) groups excluding carboxylic acids is 2. The van der Waals surface area contributed by atoms with E-state index in [1.165, 1.54) is 6.08 Å². The lowest BCUT2D eigenvalue weighted by atomic mass is 10.2. The van der Waals surface area contributed by atoms with Crippen LogP contribution in [0.15, 0.2) is 48.7 Å². The number of anilines is 1. The summed E-state index contributed by atoms with van der Waals surface area (Å²) in [6.45, 7) is 9.88. The number of methoxy groups -OCH3 is 1. The molecule has 1 aliphatic heterocycles. The average Bonchev–Trinajstić information content (AvgIpc) is 3.26. The van der Waals surface area contributed by atoms with Crippen LogP contribution in [0.2, 0.25) is 0 Å². The van der Waals surface area contributed by atoms with Crippen LogP contribution in [0.25, 0.3) is 6.08 Å². The van der Waals surface area contributed by atoms with Gasteiger partial charge in [0.05, 0.1) is 19.8 Å². The van der Waals surface area contributed by atoms with Gasteiger partial charge in [0, 0.05) is 37.5 Å². The van der Waals surface area contributed by atoms with Crippen LogP contribution in [0.4, 0.5) is 10.6 Å². The number of rotatable bonds is 8. The molecular formula is C27H35N3O5. The third-order valence-electron chi connectivity index (χ3n) is 5.51. The number of ether oxygens (including phenoxy) is 3. The van der Waals surface area contributed by atoms with Gasteiger partial charge in [0.2, 0.25) is 0 Å². The molecule has 2 aromatic rings. The zero-order valence-corrected chi connectivity index (χ0v) is 21.2. The summed E-state index contributed by atoms with van der Waals surface area (Å²) in [7, 11) is 1.67. The SMILES string of the molecule is CCOC(=O)C=Cc1ccc(N(C(=O)OC(C)(C)C)[C@@H]2CCN(Cc3ccccc3OC)C2)nc1. The predicted molar refractivity (Wildman–Crippen MR) is 135 cm³/mol. The first kappa shape index (κ1) is 26.2. The molecule has 0 unspecified atom stereocenters. The predicted octanol–water partition coefficient (Wildman–Crippen LogP) is 4.68. The minimum Gasteiger partial charge on any atom is -0.496 e. The number of hydrogen-bond acceptors (Lipinski definition) is 7. The minimum atomic E-state index is -0.632. The highest BCUT2D eigenvalue weighted by Gasteiger charge is 2.35. The number of para-hydroxylation sites is 1. The maximum Gasteiger partial charge on any atom is 0.416 e. The molecule has 0 bridgehead atoms. The van der Waals surface area contributed by atoms with E-state index in [0.717, 1.165) is 36.4 Å². The molecule has 1 atom stereocenters. The first-order valence-electron chi connectivity index (χ1n) is 11.9. The Labute approximate surface area is 207 Å². The standard InChI is InChI=1S/C27H35N3O5/c1-6-34-25(31)14-12-20-11-13-24(28-17-20)30(26(32)35-27(2,3)4)22-15-16-29(19-22)18-21-9-7-8-10-23(21)33-5/h7-14,17,22H,6,15-16,18-19H2,1-5H3/t22-/m1/s1. The van der Waals surface area contributed by atoms with E-state index < -0.39 is 17.7 Å². The second-order valence-corrected chi connectivity index (χ2v) is 9.37. The van der Waals surface area contributed by atoms with Crippen molar-refractivity contribution in [2.24, 2.45) is 0 Å². The van der Waals surface area contributed by atoms with Gasteiger partial charge in [0.1, 0.15) is 17.2 Å². The summed E-state index contributed by atoms with van der Waals surface area (Å²) < 4.78 is 16.1. The maximum atomic E-state index is 13.2. The van der Waals surface area contributed by atoms with E-state index >= 15 is 0 Å². The van der Waals surface area contributed by atoms with Gasteiger partial charge >= 0.3 is 12.1 Å². The molecule has 8 nitrogen and oxygen atoms in total. The Morgan fingerprint density at radius 2 is 1.97 bits per heavy atom. The Balaban J connectivity index is 1.77. The molecule has 1 saturated heterocycles. The summed E-state index contributed by atoms with van der Waals surface area (Å²) in [5, 5.41) is 0. The van der Waals surface area contributed by atoms with Crippen LogP contribution in [0, 0.1) is 0 Å². The van der Waals surface area contributed by atoms with E-state index in [0.29, 0.717) is 19.0 Å². The van der Waals surface area contributed by atoms with Crippen LogP contribution >= 0.6 is 0 Å². The number of benzene rings is 1. The van der Waals surface area contributed by atoms with Gasteiger partial charge < -0.3 is 14.2 Å². The van der Waals surface area contributed by atoms with Crippen molar-refractivity contribution in [2.75, 3.05) is 31.7 Å². The molecule has 3 rings (SSSR count). The molecule has 8 heteroatoms. The fourth-order valence-electron chi connectivity index (χ4n) is 3.98. The summed E-state index contributed by atoms with van der Waals surface area (Å²) in [6, 6.07) is 11.5. The maximum absolute atomic E-state index is 13.2. The number of aromatic nitrogens is 1. The molecule has 1 fully saturated rings. The first-order chi connectivity index (χ1) is 16.7. The van der Waals surface area contributed by atoms with Gasteiger partial charge in [0.15, 0.2) is 0 Å². The van der Waals surface area contributed by atoms with Crippen molar-refractivity contribution in [3.63, 3.8) is 0 Å². The zero-order valence-electron chi connectivity index (χ0n) is 21.2. The molecule has 0 spiro atoms. The smallest absolute Gasteiger partial charge is 0.416 e. The zero-order chi connectivity index (χ0) is 25.4. The summed E-state index contributed by atoms with van der Waals surface area (Å²) in [5.74, 6) is 0.956. The van der Waals surface area contributed by atoms with Crippen LogP contribution in [0.3, 0.4) is 0 Å². The number of amides is 1. The lowest BCUT2D eigenvalue weighted by Crippen LogP contribution is -2.45. The van der Waals surface area contributed by atoms with Gasteiger partial charge in [-0.05, 0) is 64.0 Å². The van der Waals surface area contributed by atoms with Crippen molar-refractivity contribution >= 4 is 24.0 Å². The van der Waals surface area contributed by atoms with Crippen molar-refractivity contribution < 1.29 is 23.8 Å². The number of pyridine rings is 1. The molecule has 1 aromatic heterocycles. The molecule has 2 heterocycles. The fourth-order valence-corrected chi connectivity index (χ4v) is 3.98. The molecule has 0 N–H and O–H groups in total. The number of esters is 1. The van der Waals surface area contributed by atoms with E-state index in [2.05, 4.69) is 16.0 Å². The quantitative estimate of drug-likeness (QED) is 0.400. The van der Waals surface area contributed by atoms with Crippen LogP contribution < -0.4 is 9.64 Å². The van der Waals surface area contributed by atoms with Gasteiger partial charge in [-0.25, -0.2) is 14.6 Å². The second kappa shape index (κ2) is 11.8. The van der Waals surface area contributed by atoms with Crippen molar-refractivity contribution in [2.45, 2.75) is 52.3 Å². The van der Waals surface area contributed by atoms with Crippen molar-refractivity contribution in [3.05, 3.63) is 59.8 Å². The lowest BCUT2D eigenvalue weighted by Gasteiger charge is -2.31. The van der Waals surface area contributed by atoms with E-state index in [4.69, 9.17) is 14.2 Å². The molecule has 35 heavy (non-hydrogen) atoms. The molecule has 0 aliphatic carbocycles. The van der Waals surface area contributed by atoms with Crippen molar-refractivity contribution in [1.29, 1.82) is 0 Å². The Morgan fingerprint density at radius 1 is 1.20 bits per heavy atom. The summed E-state index contributed by atoms with van der Waals surface area (Å²) in [6.07, 6.45) is 4.99. The van der Waals surface area contributed by atoms with E-state index in [-0.39, 0.29) is 6.04 Å². The topological polar surface area (TPSA) is 81.2 Å². The van der Waals surface area contributed by atoms with E-state index in [1.807, 2.05) is 45.0 Å². The second-order valence-electron chi connectivity index (χ2n) is 9.37. The lowest BCUT2D eigenvalue weighted by molar-refractivity contribution is -0.137. The van der Waals surface area contributed by atoms with Gasteiger partial charge in [0.25, 0.3) is 0 Å². The molecule has 1 amide bonds. The Hall–Kier alpha value is -3.39. The number of hydrogen-bond donors (Lipinski definition) is 0. The monoisotopic (exact) mass is 481 g/mol. The third-order valence-corrected chi connectivity index (χ3v) is 5.51. The van der Waals surface area contributed by atoms with Crippen LogP contribution in [-0.2, 0) is 20.8 Å². The molecule has 0 saturated carbocycles.